The van der Waals surface area contributed by atoms with E-state index < -0.39 is 16.0 Å². The number of aromatic nitrogens is 1. The lowest BCUT2D eigenvalue weighted by Crippen LogP contribution is -2.25. The maximum Gasteiger partial charge on any atom is 0.306 e. The summed E-state index contributed by atoms with van der Waals surface area (Å²) < 4.78 is 43.5. The van der Waals surface area contributed by atoms with Crippen LogP contribution in [0.4, 0.5) is 0 Å². The van der Waals surface area contributed by atoms with Crippen LogP contribution < -0.4 is 14.2 Å². The van der Waals surface area contributed by atoms with Crippen molar-refractivity contribution in [3.05, 3.63) is 59.6 Å². The van der Waals surface area contributed by atoms with Gasteiger partial charge in [-0.1, -0.05) is 30.3 Å². The van der Waals surface area contributed by atoms with E-state index in [1.165, 1.54) is 23.5 Å². The molecule has 8 nitrogen and oxygen atoms in total. The van der Waals surface area contributed by atoms with Crippen molar-refractivity contribution in [2.24, 2.45) is 0 Å². The van der Waals surface area contributed by atoms with Gasteiger partial charge in [-0.05, 0) is 18.6 Å². The smallest absolute Gasteiger partial charge is 0.306 e. The lowest BCUT2D eigenvalue weighted by Gasteiger charge is -2.18. The predicted octanol–water partition coefficient (Wildman–Crippen LogP) is 3.38. The molecule has 168 valence electrons. The Morgan fingerprint density at radius 3 is 2.69 bits per heavy atom. The first-order valence-electron chi connectivity index (χ1n) is 10.1. The summed E-state index contributed by atoms with van der Waals surface area (Å²) in [7, 11) is -3.72. The van der Waals surface area contributed by atoms with Gasteiger partial charge in [0, 0.05) is 30.0 Å². The summed E-state index contributed by atoms with van der Waals surface area (Å²) in [4.78, 5) is 16.6. The molecule has 10 heteroatoms. The Morgan fingerprint density at radius 1 is 1.09 bits per heavy atom. The average Bonchev–Trinajstić information content (AvgIpc) is 3.30. The summed E-state index contributed by atoms with van der Waals surface area (Å²) in [6.45, 7) is 1.01. The monoisotopic (exact) mass is 474 g/mol. The van der Waals surface area contributed by atoms with E-state index in [4.69, 9.17) is 14.2 Å². The molecule has 2 heterocycles. The second-order valence-corrected chi connectivity index (χ2v) is 9.60. The largest absolute Gasteiger partial charge is 0.486 e. The SMILES string of the molecule is O=C(CCCNS(=O)(=O)c1ccc2c(c1)OCCO2)OCc1csc(-c2ccccc2)n1. The highest BCUT2D eigenvalue weighted by Gasteiger charge is 2.19. The molecule has 0 unspecified atom stereocenters. The Labute approximate surface area is 190 Å². The summed E-state index contributed by atoms with van der Waals surface area (Å²) in [5, 5.41) is 2.72. The fourth-order valence-electron chi connectivity index (χ4n) is 3.03. The lowest BCUT2D eigenvalue weighted by molar-refractivity contribution is -0.145. The molecule has 1 aromatic heterocycles. The van der Waals surface area contributed by atoms with Gasteiger partial charge in [0.15, 0.2) is 11.5 Å². The van der Waals surface area contributed by atoms with Gasteiger partial charge in [-0.25, -0.2) is 18.1 Å². The van der Waals surface area contributed by atoms with E-state index in [1.807, 2.05) is 35.7 Å². The van der Waals surface area contributed by atoms with Crippen molar-refractivity contribution in [3.63, 3.8) is 0 Å². The number of rotatable bonds is 9. The zero-order valence-electron chi connectivity index (χ0n) is 17.2. The number of fused-ring (bicyclic) bond motifs is 1. The van der Waals surface area contributed by atoms with Crippen molar-refractivity contribution in [3.8, 4) is 22.1 Å². The van der Waals surface area contributed by atoms with Gasteiger partial charge in [0.05, 0.1) is 10.6 Å². The molecule has 3 aromatic rings. The van der Waals surface area contributed by atoms with Crippen LogP contribution in [0.15, 0.2) is 58.8 Å². The van der Waals surface area contributed by atoms with Crippen molar-refractivity contribution in [2.75, 3.05) is 19.8 Å². The summed E-state index contributed by atoms with van der Waals surface area (Å²) >= 11 is 1.49. The van der Waals surface area contributed by atoms with Crippen LogP contribution in [0.2, 0.25) is 0 Å². The first kappa shape index (κ1) is 22.3. The maximum absolute atomic E-state index is 12.5. The molecule has 2 aromatic carbocycles. The highest BCUT2D eigenvalue weighted by molar-refractivity contribution is 7.89. The highest BCUT2D eigenvalue weighted by Crippen LogP contribution is 2.32. The second-order valence-electron chi connectivity index (χ2n) is 6.98. The maximum atomic E-state index is 12.5. The van der Waals surface area contributed by atoms with Crippen molar-refractivity contribution in [1.29, 1.82) is 0 Å². The Hall–Kier alpha value is -2.95. The molecule has 0 saturated heterocycles. The quantitative estimate of drug-likeness (QED) is 0.374. The van der Waals surface area contributed by atoms with Crippen molar-refractivity contribution >= 4 is 27.3 Å². The van der Waals surface area contributed by atoms with E-state index in [0.717, 1.165) is 10.6 Å². The summed E-state index contributed by atoms with van der Waals surface area (Å²) in [6, 6.07) is 14.2. The molecular formula is C22H22N2O6S2. The molecular weight excluding hydrogens is 452 g/mol. The van der Waals surface area contributed by atoms with Gasteiger partial charge in [-0.3, -0.25) is 4.79 Å². The second kappa shape index (κ2) is 10.1. The Morgan fingerprint density at radius 2 is 1.88 bits per heavy atom. The van der Waals surface area contributed by atoms with Crippen LogP contribution >= 0.6 is 11.3 Å². The van der Waals surface area contributed by atoms with Crippen molar-refractivity contribution in [2.45, 2.75) is 24.3 Å². The molecule has 0 saturated carbocycles. The fraction of sp³-hybridized carbons (Fsp3) is 0.273. The number of esters is 1. The standard InChI is InChI=1S/C22H22N2O6S2/c25-21(30-14-17-15-31-22(24-17)16-5-2-1-3-6-16)7-4-10-23-32(26,27)18-8-9-19-20(13-18)29-12-11-28-19/h1-3,5-6,8-9,13,15,23H,4,7,10-12,14H2. The molecule has 0 bridgehead atoms. The number of sulfonamides is 1. The van der Waals surface area contributed by atoms with E-state index in [0.29, 0.717) is 36.8 Å². The third kappa shape index (κ3) is 5.64. The molecule has 1 aliphatic heterocycles. The highest BCUT2D eigenvalue weighted by atomic mass is 32.2. The molecule has 0 atom stereocenters. The molecule has 0 amide bonds. The number of thiazole rings is 1. The number of hydrogen-bond acceptors (Lipinski definition) is 8. The number of hydrogen-bond donors (Lipinski definition) is 1. The van der Waals surface area contributed by atoms with E-state index in [2.05, 4.69) is 9.71 Å². The molecule has 1 N–H and O–H groups in total. The van der Waals surface area contributed by atoms with Crippen LogP contribution in [0.5, 0.6) is 11.5 Å². The molecule has 4 rings (SSSR count). The Balaban J connectivity index is 1.20. The van der Waals surface area contributed by atoms with E-state index in [1.54, 1.807) is 6.07 Å². The number of nitrogens with zero attached hydrogens (tertiary/aromatic N) is 1. The van der Waals surface area contributed by atoms with Gasteiger partial charge in [-0.2, -0.15) is 0 Å². The van der Waals surface area contributed by atoms with Gasteiger partial charge in [0.2, 0.25) is 10.0 Å². The molecule has 0 spiro atoms. The number of carbonyl (C=O) groups excluding carboxylic acids is 1. The minimum Gasteiger partial charge on any atom is -0.486 e. The minimum absolute atomic E-state index is 0.0853. The molecule has 0 radical (unpaired) electrons. The number of ether oxygens (including phenoxy) is 3. The number of carbonyl (C=O) groups is 1. The average molecular weight is 475 g/mol. The van der Waals surface area contributed by atoms with E-state index >= 15 is 0 Å². The summed E-state index contributed by atoms with van der Waals surface area (Å²) in [6.07, 6.45) is 0.411. The first-order chi connectivity index (χ1) is 15.5. The Bertz CT molecular complexity index is 1180. The van der Waals surface area contributed by atoms with Gasteiger partial charge in [0.1, 0.15) is 24.8 Å². The number of nitrogens with one attached hydrogen (secondary N) is 1. The summed E-state index contributed by atoms with van der Waals surface area (Å²) in [5.74, 6) is 0.520. The van der Waals surface area contributed by atoms with Crippen LogP contribution in [0.3, 0.4) is 0 Å². The molecule has 32 heavy (non-hydrogen) atoms. The minimum atomic E-state index is -3.72. The zero-order valence-corrected chi connectivity index (χ0v) is 18.8. The fourth-order valence-corrected chi connectivity index (χ4v) is 4.93. The van der Waals surface area contributed by atoms with E-state index in [-0.39, 0.29) is 24.5 Å². The number of benzene rings is 2. The van der Waals surface area contributed by atoms with E-state index in [9.17, 15) is 13.2 Å². The third-order valence-corrected chi connectivity index (χ3v) is 7.03. The lowest BCUT2D eigenvalue weighted by atomic mass is 10.2. The van der Waals surface area contributed by atoms with Gasteiger partial charge < -0.3 is 14.2 Å². The van der Waals surface area contributed by atoms with Crippen molar-refractivity contribution in [1.82, 2.24) is 9.71 Å². The normalized spacial score (nSPS) is 13.0. The third-order valence-electron chi connectivity index (χ3n) is 4.63. The van der Waals surface area contributed by atoms with Crippen LogP contribution in [0, 0.1) is 0 Å². The summed E-state index contributed by atoms with van der Waals surface area (Å²) in [5.41, 5.74) is 1.70. The van der Waals surface area contributed by atoms with Gasteiger partial charge >= 0.3 is 5.97 Å². The van der Waals surface area contributed by atoms with Crippen LogP contribution in [-0.4, -0.2) is 39.1 Å². The van der Waals surface area contributed by atoms with Crippen LogP contribution in [0.25, 0.3) is 10.6 Å². The Kier molecular flexibility index (Phi) is 7.03. The van der Waals surface area contributed by atoms with Crippen LogP contribution in [0.1, 0.15) is 18.5 Å². The zero-order chi connectivity index (χ0) is 22.4. The first-order valence-corrected chi connectivity index (χ1v) is 12.4. The van der Waals surface area contributed by atoms with Crippen LogP contribution in [-0.2, 0) is 26.2 Å². The molecule has 0 fully saturated rings. The van der Waals surface area contributed by atoms with Gasteiger partial charge in [-0.15, -0.1) is 11.3 Å². The predicted molar refractivity (Wildman–Crippen MR) is 119 cm³/mol. The molecule has 1 aliphatic rings. The topological polar surface area (TPSA) is 104 Å². The van der Waals surface area contributed by atoms with Gasteiger partial charge in [0.25, 0.3) is 0 Å². The van der Waals surface area contributed by atoms with Crippen molar-refractivity contribution < 1.29 is 27.4 Å². The molecule has 0 aliphatic carbocycles.